The number of nitrogens with zero attached hydrogens (tertiary/aromatic N) is 1. The topological polar surface area (TPSA) is 66.6 Å². The van der Waals surface area contributed by atoms with Gasteiger partial charge >= 0.3 is 0 Å². The number of aliphatic hydroxyl groups excluding tert-OH is 1. The van der Waals surface area contributed by atoms with Crippen molar-refractivity contribution in [3.63, 3.8) is 0 Å². The molecule has 1 aromatic carbocycles. The fourth-order valence-electron chi connectivity index (χ4n) is 2.29. The lowest BCUT2D eigenvalue weighted by atomic mass is 9.98. The van der Waals surface area contributed by atoms with Gasteiger partial charge in [-0.15, -0.1) is 0 Å². The maximum Gasteiger partial charge on any atom is 0.226 e. The molecule has 0 radical (unpaired) electrons. The van der Waals surface area contributed by atoms with Crippen molar-refractivity contribution >= 4 is 17.5 Å². The lowest BCUT2D eigenvalue weighted by Crippen LogP contribution is -2.34. The number of β-amino-alcohol motifs (C(OH)–C–C–N with tert-alkyl or cyclic N) is 1. The van der Waals surface area contributed by atoms with Gasteiger partial charge in [0.05, 0.1) is 12.0 Å². The molecule has 5 heteroatoms. The monoisotopic (exact) mass is 268 g/mol. The first-order chi connectivity index (χ1) is 8.56. The Bertz CT molecular complexity index is 422. The number of primary amides is 1. The first kappa shape index (κ1) is 13.3. The van der Waals surface area contributed by atoms with E-state index in [1.54, 1.807) is 12.1 Å². The minimum atomic E-state index is -0.354. The molecular weight excluding hydrogens is 252 g/mol. The molecule has 1 aliphatic heterocycles. The van der Waals surface area contributed by atoms with E-state index in [4.69, 9.17) is 17.3 Å². The van der Waals surface area contributed by atoms with Crippen LogP contribution in [0.15, 0.2) is 24.3 Å². The second-order valence-electron chi connectivity index (χ2n) is 4.71. The van der Waals surface area contributed by atoms with Gasteiger partial charge in [0, 0.05) is 24.7 Å². The van der Waals surface area contributed by atoms with Crippen LogP contribution in [-0.4, -0.2) is 41.7 Å². The highest BCUT2D eigenvalue weighted by Crippen LogP contribution is 2.21. The predicted molar refractivity (Wildman–Crippen MR) is 70.5 cm³/mol. The molecule has 0 spiro atoms. The Morgan fingerprint density at radius 2 is 2.17 bits per heavy atom. The van der Waals surface area contributed by atoms with E-state index in [0.29, 0.717) is 18.1 Å². The van der Waals surface area contributed by atoms with Crippen molar-refractivity contribution in [3.8, 4) is 0 Å². The minimum Gasteiger partial charge on any atom is -0.392 e. The van der Waals surface area contributed by atoms with Gasteiger partial charge in [-0.3, -0.25) is 9.69 Å². The van der Waals surface area contributed by atoms with Crippen molar-refractivity contribution < 1.29 is 9.90 Å². The van der Waals surface area contributed by atoms with Gasteiger partial charge in [-0.1, -0.05) is 23.7 Å². The Kier molecular flexibility index (Phi) is 4.22. The van der Waals surface area contributed by atoms with E-state index in [-0.39, 0.29) is 17.9 Å². The fraction of sp³-hybridized carbons (Fsp3) is 0.462. The molecule has 0 aliphatic carbocycles. The maximum absolute atomic E-state index is 11.6. The van der Waals surface area contributed by atoms with Crippen molar-refractivity contribution in [2.45, 2.75) is 18.4 Å². The number of hydrogen-bond acceptors (Lipinski definition) is 3. The molecular formula is C13H17ClN2O2. The van der Waals surface area contributed by atoms with Crippen LogP contribution in [0.5, 0.6) is 0 Å². The van der Waals surface area contributed by atoms with Crippen LogP contribution in [-0.2, 0) is 4.79 Å². The molecule has 1 fully saturated rings. The first-order valence-electron chi connectivity index (χ1n) is 6.01. The average Bonchev–Trinajstić information content (AvgIpc) is 2.73. The molecule has 1 amide bonds. The number of likely N-dealkylation sites (tertiary alicyclic amines) is 1. The third-order valence-electron chi connectivity index (χ3n) is 3.30. The average molecular weight is 269 g/mol. The lowest BCUT2D eigenvalue weighted by molar-refractivity contribution is -0.119. The number of rotatable bonds is 4. The molecule has 1 saturated heterocycles. The molecule has 4 nitrogen and oxygen atoms in total. The highest BCUT2D eigenvalue weighted by atomic mass is 35.5. The van der Waals surface area contributed by atoms with E-state index in [1.807, 2.05) is 12.1 Å². The molecule has 1 aromatic rings. The molecule has 2 rings (SSSR count). The quantitative estimate of drug-likeness (QED) is 0.855. The summed E-state index contributed by atoms with van der Waals surface area (Å²) in [5.41, 5.74) is 6.33. The molecule has 0 bridgehead atoms. The summed E-state index contributed by atoms with van der Waals surface area (Å²) in [5, 5.41) is 10.1. The predicted octanol–water partition coefficient (Wildman–Crippen LogP) is 0.976. The van der Waals surface area contributed by atoms with Crippen molar-refractivity contribution in [3.05, 3.63) is 34.9 Å². The van der Waals surface area contributed by atoms with Gasteiger partial charge in [0.1, 0.15) is 0 Å². The van der Waals surface area contributed by atoms with Gasteiger partial charge in [0.25, 0.3) is 0 Å². The number of hydrogen-bond donors (Lipinski definition) is 2. The Hall–Kier alpha value is -1.10. The van der Waals surface area contributed by atoms with Crippen molar-refractivity contribution in [1.82, 2.24) is 4.90 Å². The molecule has 98 valence electrons. The summed E-state index contributed by atoms with van der Waals surface area (Å²) in [5.74, 6) is -0.703. The van der Waals surface area contributed by atoms with Gasteiger partial charge in [0.2, 0.25) is 5.91 Å². The summed E-state index contributed by atoms with van der Waals surface area (Å²) in [6.07, 6.45) is 0.468. The molecule has 1 heterocycles. The van der Waals surface area contributed by atoms with Crippen molar-refractivity contribution in [2.24, 2.45) is 5.73 Å². The summed E-state index contributed by atoms with van der Waals surface area (Å²) in [7, 11) is 0. The molecule has 1 aliphatic rings. The van der Waals surface area contributed by atoms with Crippen LogP contribution in [0.3, 0.4) is 0 Å². The Balaban J connectivity index is 2.08. The van der Waals surface area contributed by atoms with Gasteiger partial charge in [-0.05, 0) is 24.1 Å². The number of carbonyl (C=O) groups is 1. The van der Waals surface area contributed by atoms with Crippen LogP contribution in [0.1, 0.15) is 17.9 Å². The smallest absolute Gasteiger partial charge is 0.226 e. The van der Waals surface area contributed by atoms with Crippen LogP contribution >= 0.6 is 11.6 Å². The van der Waals surface area contributed by atoms with Crippen molar-refractivity contribution in [1.29, 1.82) is 0 Å². The van der Waals surface area contributed by atoms with Crippen LogP contribution < -0.4 is 5.73 Å². The Morgan fingerprint density at radius 3 is 2.67 bits per heavy atom. The van der Waals surface area contributed by atoms with E-state index in [1.165, 1.54) is 0 Å². The first-order valence-corrected chi connectivity index (χ1v) is 6.39. The van der Waals surface area contributed by atoms with Crippen LogP contribution in [0.25, 0.3) is 0 Å². The summed E-state index contributed by atoms with van der Waals surface area (Å²) in [6.45, 7) is 1.96. The largest absolute Gasteiger partial charge is 0.392 e. The second-order valence-corrected chi connectivity index (χ2v) is 5.15. The summed E-state index contributed by atoms with van der Waals surface area (Å²) < 4.78 is 0. The molecule has 0 aromatic heterocycles. The Morgan fingerprint density at radius 1 is 1.50 bits per heavy atom. The Labute approximate surface area is 111 Å². The highest BCUT2D eigenvalue weighted by Gasteiger charge is 2.26. The van der Waals surface area contributed by atoms with Gasteiger partial charge in [0.15, 0.2) is 0 Å². The third-order valence-corrected chi connectivity index (χ3v) is 3.56. The van der Waals surface area contributed by atoms with Gasteiger partial charge in [-0.25, -0.2) is 0 Å². The molecule has 3 N–H and O–H groups in total. The van der Waals surface area contributed by atoms with E-state index < -0.39 is 0 Å². The number of amides is 1. The third kappa shape index (κ3) is 3.22. The van der Waals surface area contributed by atoms with Crippen molar-refractivity contribution in [2.75, 3.05) is 19.6 Å². The second kappa shape index (κ2) is 5.69. The number of benzene rings is 1. The maximum atomic E-state index is 11.6. The minimum absolute atomic E-state index is 0.288. The standard InChI is InChI=1S/C13H17ClN2O2/c14-10-3-1-9(2-4-10)12(13(15)18)8-16-6-5-11(17)7-16/h1-4,11-12,17H,5-8H2,(H2,15,18)/t11-,12?/m0/s1. The molecule has 18 heavy (non-hydrogen) atoms. The van der Waals surface area contributed by atoms with E-state index >= 15 is 0 Å². The normalized spacial score (nSPS) is 22.0. The van der Waals surface area contributed by atoms with Crippen LogP contribution in [0.4, 0.5) is 0 Å². The van der Waals surface area contributed by atoms with Crippen LogP contribution in [0.2, 0.25) is 5.02 Å². The SMILES string of the molecule is NC(=O)C(CN1CC[C@H](O)C1)c1ccc(Cl)cc1. The summed E-state index contributed by atoms with van der Waals surface area (Å²) in [6, 6.07) is 7.16. The van der Waals surface area contributed by atoms with Gasteiger partial charge < -0.3 is 10.8 Å². The van der Waals surface area contributed by atoms with Gasteiger partial charge in [-0.2, -0.15) is 0 Å². The van der Waals surface area contributed by atoms with E-state index in [0.717, 1.165) is 18.5 Å². The zero-order chi connectivity index (χ0) is 13.1. The number of halogens is 1. The van der Waals surface area contributed by atoms with E-state index in [2.05, 4.69) is 4.90 Å². The summed E-state index contributed by atoms with van der Waals surface area (Å²) in [4.78, 5) is 13.6. The highest BCUT2D eigenvalue weighted by molar-refractivity contribution is 6.30. The zero-order valence-electron chi connectivity index (χ0n) is 10.1. The number of aliphatic hydroxyl groups is 1. The lowest BCUT2D eigenvalue weighted by Gasteiger charge is -2.21. The zero-order valence-corrected chi connectivity index (χ0v) is 10.8. The number of carbonyl (C=O) groups excluding carboxylic acids is 1. The van der Waals surface area contributed by atoms with Crippen LogP contribution in [0, 0.1) is 0 Å². The van der Waals surface area contributed by atoms with E-state index in [9.17, 15) is 9.90 Å². The fourth-order valence-corrected chi connectivity index (χ4v) is 2.42. The summed E-state index contributed by atoms with van der Waals surface area (Å²) >= 11 is 5.83. The molecule has 1 unspecified atom stereocenters. The molecule has 0 saturated carbocycles. The number of nitrogens with two attached hydrogens (primary N) is 1. The molecule has 2 atom stereocenters.